The molecule has 18 heavy (non-hydrogen) atoms. The van der Waals surface area contributed by atoms with Gasteiger partial charge in [-0.1, -0.05) is 52.4 Å². The Morgan fingerprint density at radius 2 is 1.22 bits per heavy atom. The predicted octanol–water partition coefficient (Wildman–Crippen LogP) is 4.90. The Balaban J connectivity index is 2.36. The second-order valence-electron chi connectivity index (χ2n) is 6.29. The van der Waals surface area contributed by atoms with E-state index in [1.807, 2.05) is 0 Å². The van der Waals surface area contributed by atoms with Crippen molar-refractivity contribution in [2.75, 3.05) is 13.1 Å². The number of hydrogen-bond donors (Lipinski definition) is 0. The fraction of sp³-hybridized carbons (Fsp3) is 1.00. The van der Waals surface area contributed by atoms with E-state index in [0.717, 1.165) is 0 Å². The van der Waals surface area contributed by atoms with Crippen LogP contribution in [0, 0.1) is 0 Å². The summed E-state index contributed by atoms with van der Waals surface area (Å²) in [6, 6.07) is 5.95. The largest absolute Gasteiger partial charge is 0.325 e. The van der Waals surface area contributed by atoms with Gasteiger partial charge in [-0.2, -0.15) is 11.1 Å². The second-order valence-corrected chi connectivity index (χ2v) is 21.7. The molecule has 0 saturated carbocycles. The van der Waals surface area contributed by atoms with Gasteiger partial charge >= 0.3 is 0 Å². The van der Waals surface area contributed by atoms with Crippen LogP contribution in [0.3, 0.4) is 0 Å². The van der Waals surface area contributed by atoms with Crippen molar-refractivity contribution in [2.24, 2.45) is 0 Å². The molecule has 0 aromatic carbocycles. The van der Waals surface area contributed by atoms with Crippen LogP contribution < -0.4 is 0 Å². The smallest absolute Gasteiger partial charge is 0.164 e. The van der Waals surface area contributed by atoms with E-state index < -0.39 is 14.7 Å². The number of fused-ring (bicyclic) bond motifs is 1. The molecule has 0 bridgehead atoms. The number of halogens is 1. The highest BCUT2D eigenvalue weighted by Crippen LogP contribution is 2.47. The van der Waals surface area contributed by atoms with Crippen LogP contribution in [0.1, 0.15) is 52.4 Å². The maximum absolute atomic E-state index is 7.45. The fourth-order valence-electron chi connectivity index (χ4n) is 4.59. The zero-order chi connectivity index (χ0) is 13.1. The van der Waals surface area contributed by atoms with E-state index >= 15 is 0 Å². The van der Waals surface area contributed by atoms with Gasteiger partial charge in [-0.25, -0.2) is 0 Å². The summed E-state index contributed by atoms with van der Waals surface area (Å²) in [7, 11) is -1.32. The fourth-order valence-corrected chi connectivity index (χ4v) is 26.4. The highest BCUT2D eigenvalue weighted by atomic mass is 35.6. The number of rotatable bonds is 3. The van der Waals surface area contributed by atoms with Crippen LogP contribution >= 0.6 is 11.1 Å². The van der Waals surface area contributed by atoms with Crippen molar-refractivity contribution in [3.05, 3.63) is 0 Å². The molecule has 106 valence electrons. The molecular weight excluding hydrogens is 274 g/mol. The lowest BCUT2D eigenvalue weighted by atomic mass is 10.3. The Kier molecular flexibility index (Phi) is 5.38. The van der Waals surface area contributed by atoms with E-state index in [2.05, 4.69) is 18.4 Å². The van der Waals surface area contributed by atoms with Gasteiger partial charge in [-0.3, -0.25) is 0 Å². The lowest BCUT2D eigenvalue weighted by Gasteiger charge is -2.49. The summed E-state index contributed by atoms with van der Waals surface area (Å²) in [6.45, 7) is 5.77. The van der Waals surface area contributed by atoms with Gasteiger partial charge < -0.3 is 4.57 Å². The molecule has 0 amide bonds. The minimum absolute atomic E-state index is 1.25. The van der Waals surface area contributed by atoms with Gasteiger partial charge in [0.1, 0.15) is 7.75 Å². The number of hydrogen-bond acceptors (Lipinski definition) is 1. The molecule has 0 aromatic heterocycles. The first-order valence-corrected chi connectivity index (χ1v) is 14.9. The molecule has 2 aliphatic heterocycles. The standard InChI is InChI=1S/C14H30ClNSi2/c1-3-16(4-2)18-13-9-5-7-11-17(18,15)12-8-6-10-14-18/h3-14H2,1-2H3. The Morgan fingerprint density at radius 1 is 0.778 bits per heavy atom. The van der Waals surface area contributed by atoms with Crippen LogP contribution in [0.5, 0.6) is 0 Å². The maximum Gasteiger partial charge on any atom is 0.164 e. The van der Waals surface area contributed by atoms with Crippen molar-refractivity contribution < 1.29 is 0 Å². The maximum atomic E-state index is 7.45. The SMILES string of the molecule is CCN(CC)[Si]12CCCCC[Si]1(Cl)CCCCC2. The van der Waals surface area contributed by atoms with E-state index in [9.17, 15) is 0 Å². The van der Waals surface area contributed by atoms with Gasteiger partial charge in [0.2, 0.25) is 0 Å². The van der Waals surface area contributed by atoms with E-state index in [4.69, 9.17) is 11.1 Å². The summed E-state index contributed by atoms with van der Waals surface area (Å²) >= 11 is 7.45. The molecule has 0 atom stereocenters. The van der Waals surface area contributed by atoms with Gasteiger partial charge in [0.15, 0.2) is 6.90 Å². The molecule has 2 rings (SSSR count). The van der Waals surface area contributed by atoms with Crippen LogP contribution in [0.2, 0.25) is 24.2 Å². The van der Waals surface area contributed by atoms with E-state index in [0.29, 0.717) is 0 Å². The third-order valence-electron chi connectivity index (χ3n) is 5.53. The Labute approximate surface area is 120 Å². The van der Waals surface area contributed by atoms with Crippen molar-refractivity contribution >= 4 is 25.7 Å². The summed E-state index contributed by atoms with van der Waals surface area (Å²) in [6.07, 6.45) is 8.74. The van der Waals surface area contributed by atoms with Gasteiger partial charge in [0.25, 0.3) is 0 Å². The molecule has 0 radical (unpaired) electrons. The first kappa shape index (κ1) is 15.1. The molecule has 0 aliphatic carbocycles. The molecule has 0 aromatic rings. The van der Waals surface area contributed by atoms with Crippen molar-refractivity contribution in [1.82, 2.24) is 4.57 Å². The third-order valence-corrected chi connectivity index (χ3v) is 26.9. The summed E-state index contributed by atoms with van der Waals surface area (Å²) in [5.41, 5.74) is 0. The van der Waals surface area contributed by atoms with Crippen molar-refractivity contribution in [3.8, 4) is 0 Å². The zero-order valence-electron chi connectivity index (χ0n) is 12.3. The molecule has 1 nitrogen and oxygen atoms in total. The van der Waals surface area contributed by atoms with Crippen molar-refractivity contribution in [2.45, 2.75) is 76.5 Å². The molecule has 0 N–H and O–H groups in total. The predicted molar refractivity (Wildman–Crippen MR) is 87.2 cm³/mol. The first-order valence-electron chi connectivity index (χ1n) is 8.12. The molecule has 2 fully saturated rings. The van der Waals surface area contributed by atoms with E-state index in [1.54, 1.807) is 0 Å². The molecule has 2 saturated heterocycles. The van der Waals surface area contributed by atoms with Crippen LogP contribution in [0.15, 0.2) is 0 Å². The Bertz CT molecular complexity index is 255. The van der Waals surface area contributed by atoms with Crippen LogP contribution in [0.4, 0.5) is 0 Å². The third kappa shape index (κ3) is 2.61. The van der Waals surface area contributed by atoms with Crippen LogP contribution in [-0.2, 0) is 0 Å². The van der Waals surface area contributed by atoms with Gasteiger partial charge in [-0.15, -0.1) is 0 Å². The highest BCUT2D eigenvalue weighted by Gasteiger charge is 2.57. The topological polar surface area (TPSA) is 3.24 Å². The molecular formula is C14H30ClNSi2. The summed E-state index contributed by atoms with van der Waals surface area (Å²) in [4.78, 5) is 0. The molecule has 2 heterocycles. The summed E-state index contributed by atoms with van der Waals surface area (Å²) in [5.74, 6) is 0. The molecule has 2 aliphatic rings. The monoisotopic (exact) mass is 303 g/mol. The van der Waals surface area contributed by atoms with Gasteiger partial charge in [0, 0.05) is 0 Å². The summed E-state index contributed by atoms with van der Waals surface area (Å²) < 4.78 is 2.91. The zero-order valence-corrected chi connectivity index (χ0v) is 15.1. The highest BCUT2D eigenvalue weighted by molar-refractivity contribution is 7.59. The molecule has 4 heteroatoms. The van der Waals surface area contributed by atoms with E-state index in [1.165, 1.54) is 75.8 Å². The van der Waals surface area contributed by atoms with Gasteiger partial charge in [-0.05, 0) is 37.3 Å². The summed E-state index contributed by atoms with van der Waals surface area (Å²) in [5, 5.41) is 0. The molecule has 0 unspecified atom stereocenters. The number of nitrogens with zero attached hydrogens (tertiary/aromatic N) is 1. The van der Waals surface area contributed by atoms with Crippen LogP contribution in [0.25, 0.3) is 0 Å². The average Bonchev–Trinajstić information content (AvgIpc) is 2.61. The average molecular weight is 304 g/mol. The van der Waals surface area contributed by atoms with E-state index in [-0.39, 0.29) is 0 Å². The van der Waals surface area contributed by atoms with Crippen molar-refractivity contribution in [1.29, 1.82) is 0 Å². The second kappa shape index (κ2) is 6.42. The molecule has 0 spiro atoms. The van der Waals surface area contributed by atoms with Gasteiger partial charge in [0.05, 0.1) is 0 Å². The Morgan fingerprint density at radius 3 is 1.67 bits per heavy atom. The lowest BCUT2D eigenvalue weighted by molar-refractivity contribution is 0.464. The van der Waals surface area contributed by atoms with Crippen molar-refractivity contribution in [3.63, 3.8) is 0 Å². The minimum atomic E-state index is -1.47. The minimum Gasteiger partial charge on any atom is -0.325 e. The lowest BCUT2D eigenvalue weighted by Crippen LogP contribution is -2.68. The first-order chi connectivity index (χ1) is 8.68. The quantitative estimate of drug-likeness (QED) is 0.529. The normalized spacial score (nSPS) is 38.0. The Hall–Kier alpha value is 0.684. The van der Waals surface area contributed by atoms with Crippen LogP contribution in [-0.4, -0.2) is 32.3 Å².